The van der Waals surface area contributed by atoms with Gasteiger partial charge in [-0.05, 0) is 37.0 Å². The maximum Gasteiger partial charge on any atom is 0.413 e. The molecule has 0 aliphatic carbocycles. The van der Waals surface area contributed by atoms with Gasteiger partial charge >= 0.3 is 6.09 Å². The summed E-state index contributed by atoms with van der Waals surface area (Å²) in [6, 6.07) is 5.24. The van der Waals surface area contributed by atoms with Crippen LogP contribution < -0.4 is 10.1 Å². The Morgan fingerprint density at radius 1 is 1.26 bits per heavy atom. The minimum atomic E-state index is -0.675. The van der Waals surface area contributed by atoms with Crippen molar-refractivity contribution in [3.63, 3.8) is 0 Å². The lowest BCUT2D eigenvalue weighted by Crippen LogP contribution is -2.31. The molecule has 166 valence electrons. The van der Waals surface area contributed by atoms with Crippen molar-refractivity contribution in [2.45, 2.75) is 45.4 Å². The van der Waals surface area contributed by atoms with Gasteiger partial charge in [0.1, 0.15) is 11.5 Å². The minimum Gasteiger partial charge on any atom is -0.408 e. The third-order valence-corrected chi connectivity index (χ3v) is 6.05. The third-order valence-electron chi connectivity index (χ3n) is 5.72. The topological polar surface area (TPSA) is 72.8 Å². The molecule has 2 aliphatic heterocycles. The molecule has 0 bridgehead atoms. The van der Waals surface area contributed by atoms with Gasteiger partial charge < -0.3 is 24.3 Å². The molecule has 2 aromatic rings. The van der Waals surface area contributed by atoms with Crippen LogP contribution in [0, 0.1) is 5.82 Å². The molecule has 9 heteroatoms. The summed E-state index contributed by atoms with van der Waals surface area (Å²) in [5.41, 5.74) is 1.78. The first-order chi connectivity index (χ1) is 15.0. The molecule has 1 saturated heterocycles. The van der Waals surface area contributed by atoms with E-state index in [1.165, 1.54) is 12.1 Å². The largest absolute Gasteiger partial charge is 0.413 e. The van der Waals surface area contributed by atoms with Gasteiger partial charge in [-0.15, -0.1) is 0 Å². The van der Waals surface area contributed by atoms with Crippen LogP contribution >= 0.6 is 11.6 Å². The van der Waals surface area contributed by atoms with E-state index in [4.69, 9.17) is 21.1 Å². The van der Waals surface area contributed by atoms with Crippen molar-refractivity contribution < 1.29 is 23.5 Å². The number of carbonyl (C=O) groups excluding carboxylic acids is 2. The molecule has 4 rings (SSSR count). The maximum atomic E-state index is 13.4. The highest BCUT2D eigenvalue weighted by Gasteiger charge is 2.29. The Balaban J connectivity index is 1.53. The second-order valence-corrected chi connectivity index (χ2v) is 8.11. The first-order valence-electron chi connectivity index (χ1n) is 10.5. The average molecular weight is 450 g/mol. The van der Waals surface area contributed by atoms with E-state index >= 15 is 0 Å². The van der Waals surface area contributed by atoms with Gasteiger partial charge in [-0.3, -0.25) is 4.79 Å². The van der Waals surface area contributed by atoms with Crippen molar-refractivity contribution in [2.24, 2.45) is 0 Å². The van der Waals surface area contributed by atoms with E-state index in [-0.39, 0.29) is 17.5 Å². The Bertz CT molecular complexity index is 987. The number of nitrogens with zero attached hydrogens (tertiary/aromatic N) is 2. The van der Waals surface area contributed by atoms with Crippen molar-refractivity contribution >= 4 is 23.6 Å². The first-order valence-corrected chi connectivity index (χ1v) is 10.9. The summed E-state index contributed by atoms with van der Waals surface area (Å²) in [5, 5.41) is 3.02. The molecule has 3 heterocycles. The lowest BCUT2D eigenvalue weighted by Gasteiger charge is -2.21. The van der Waals surface area contributed by atoms with E-state index < -0.39 is 18.0 Å². The van der Waals surface area contributed by atoms with Crippen LogP contribution in [0.15, 0.2) is 24.3 Å². The fraction of sp³-hybridized carbons (Fsp3) is 0.455. The second-order valence-electron chi connectivity index (χ2n) is 7.70. The Labute approximate surface area is 185 Å². The third kappa shape index (κ3) is 4.55. The Morgan fingerprint density at radius 3 is 2.74 bits per heavy atom. The Hall–Kier alpha value is -2.58. The number of halogens is 2. The van der Waals surface area contributed by atoms with Gasteiger partial charge in [-0.1, -0.05) is 24.6 Å². The number of likely N-dealkylation sites (tertiary alicyclic amines) is 1. The van der Waals surface area contributed by atoms with Crippen LogP contribution in [0.1, 0.15) is 54.0 Å². The Kier molecular flexibility index (Phi) is 6.48. The number of nitrogens with one attached hydrogen (secondary N) is 1. The van der Waals surface area contributed by atoms with Gasteiger partial charge in [-0.2, -0.15) is 0 Å². The fourth-order valence-electron chi connectivity index (χ4n) is 4.10. The van der Waals surface area contributed by atoms with E-state index in [1.54, 1.807) is 12.1 Å². The van der Waals surface area contributed by atoms with Gasteiger partial charge in [0.25, 0.3) is 5.91 Å². The molecule has 1 aromatic carbocycles. The van der Waals surface area contributed by atoms with Crippen molar-refractivity contribution in [1.29, 1.82) is 0 Å². The molecule has 31 heavy (non-hydrogen) atoms. The molecule has 2 aliphatic rings. The monoisotopic (exact) mass is 449 g/mol. The van der Waals surface area contributed by atoms with Crippen LogP contribution in [0.4, 0.5) is 9.18 Å². The number of hydrogen-bond donors (Lipinski definition) is 1. The van der Waals surface area contributed by atoms with Gasteiger partial charge in [0.2, 0.25) is 0 Å². The quantitative estimate of drug-likeness (QED) is 0.739. The molecule has 7 nitrogen and oxygen atoms in total. The summed E-state index contributed by atoms with van der Waals surface area (Å²) in [6.07, 6.45) is 1.86. The SMILES string of the molecule is CC[C@@H](NC(=O)Oc1cc(C(=O)N2CCCC2)n2c1COCC2)c1ccc(F)cc1Cl. The number of aromatic nitrogens is 1. The average Bonchev–Trinajstić information content (AvgIpc) is 3.41. The number of benzene rings is 1. The van der Waals surface area contributed by atoms with E-state index in [0.717, 1.165) is 25.9 Å². The van der Waals surface area contributed by atoms with Crippen LogP contribution in [-0.4, -0.2) is 41.2 Å². The smallest absolute Gasteiger partial charge is 0.408 e. The molecular formula is C22H25ClFN3O4. The van der Waals surface area contributed by atoms with Crippen LogP contribution in [0.2, 0.25) is 5.02 Å². The number of amides is 2. The zero-order chi connectivity index (χ0) is 22.0. The lowest BCUT2D eigenvalue weighted by atomic mass is 10.0. The molecule has 1 aromatic heterocycles. The molecule has 0 saturated carbocycles. The lowest BCUT2D eigenvalue weighted by molar-refractivity contribution is 0.0719. The molecular weight excluding hydrogens is 425 g/mol. The maximum absolute atomic E-state index is 13.4. The number of fused-ring (bicyclic) bond motifs is 1. The van der Waals surface area contributed by atoms with E-state index in [0.29, 0.717) is 42.3 Å². The summed E-state index contributed by atoms with van der Waals surface area (Å²) in [4.78, 5) is 27.4. The molecule has 0 spiro atoms. The number of rotatable bonds is 5. The zero-order valence-corrected chi connectivity index (χ0v) is 18.1. The Morgan fingerprint density at radius 2 is 2.03 bits per heavy atom. The molecule has 0 radical (unpaired) electrons. The van der Waals surface area contributed by atoms with Crippen LogP contribution in [0.25, 0.3) is 0 Å². The summed E-state index contributed by atoms with van der Waals surface area (Å²) < 4.78 is 26.3. The summed E-state index contributed by atoms with van der Waals surface area (Å²) >= 11 is 6.15. The predicted octanol–water partition coefficient (Wildman–Crippen LogP) is 4.29. The highest BCUT2D eigenvalue weighted by Crippen LogP contribution is 2.30. The van der Waals surface area contributed by atoms with Crippen molar-refractivity contribution in [2.75, 3.05) is 19.7 Å². The van der Waals surface area contributed by atoms with Gasteiger partial charge in [0.15, 0.2) is 5.75 Å². The van der Waals surface area contributed by atoms with Crippen molar-refractivity contribution in [3.05, 3.63) is 52.1 Å². The van der Waals surface area contributed by atoms with Crippen molar-refractivity contribution in [3.8, 4) is 5.75 Å². The van der Waals surface area contributed by atoms with Gasteiger partial charge in [0, 0.05) is 30.7 Å². The normalized spacial score (nSPS) is 16.7. The van der Waals surface area contributed by atoms with E-state index in [1.807, 2.05) is 16.4 Å². The van der Waals surface area contributed by atoms with E-state index in [2.05, 4.69) is 5.32 Å². The van der Waals surface area contributed by atoms with Gasteiger partial charge in [-0.25, -0.2) is 9.18 Å². The molecule has 1 N–H and O–H groups in total. The molecule has 2 amide bonds. The first kappa shape index (κ1) is 21.6. The minimum absolute atomic E-state index is 0.0552. The van der Waals surface area contributed by atoms with Crippen molar-refractivity contribution in [1.82, 2.24) is 14.8 Å². The number of ether oxygens (including phenoxy) is 2. The van der Waals surface area contributed by atoms with Crippen LogP contribution in [0.5, 0.6) is 5.75 Å². The number of carbonyl (C=O) groups is 2. The van der Waals surface area contributed by atoms with Crippen LogP contribution in [-0.2, 0) is 17.9 Å². The van der Waals surface area contributed by atoms with Crippen LogP contribution in [0.3, 0.4) is 0 Å². The highest BCUT2D eigenvalue weighted by molar-refractivity contribution is 6.31. The van der Waals surface area contributed by atoms with E-state index in [9.17, 15) is 14.0 Å². The summed E-state index contributed by atoms with van der Waals surface area (Å²) in [6.45, 7) is 4.64. The molecule has 1 atom stereocenters. The second kappa shape index (κ2) is 9.28. The summed E-state index contributed by atoms with van der Waals surface area (Å²) in [7, 11) is 0. The molecule has 0 unspecified atom stereocenters. The standard InChI is InChI=1S/C22H25ClFN3O4/c1-2-17(15-6-5-14(24)11-16(15)23)25-22(29)31-20-12-18(21(28)26-7-3-4-8-26)27-9-10-30-13-19(20)27/h5-6,11-12,17H,2-4,7-10,13H2,1H3,(H,25,29)/t17-/m1/s1. The predicted molar refractivity (Wildman–Crippen MR) is 113 cm³/mol. The van der Waals surface area contributed by atoms with Gasteiger partial charge in [0.05, 0.1) is 24.9 Å². The highest BCUT2D eigenvalue weighted by atomic mass is 35.5. The zero-order valence-electron chi connectivity index (χ0n) is 17.3. The summed E-state index contributed by atoms with van der Waals surface area (Å²) in [5.74, 6) is -0.193. The molecule has 1 fully saturated rings. The number of hydrogen-bond acceptors (Lipinski definition) is 4. The fourth-order valence-corrected chi connectivity index (χ4v) is 4.40.